The van der Waals surface area contributed by atoms with E-state index in [9.17, 15) is 9.59 Å². The van der Waals surface area contributed by atoms with Crippen molar-refractivity contribution >= 4 is 22.8 Å². The molecule has 0 spiro atoms. The number of fused-ring (bicyclic) bond motifs is 3. The summed E-state index contributed by atoms with van der Waals surface area (Å²) in [4.78, 5) is 33.1. The topological polar surface area (TPSA) is 80.7 Å². The van der Waals surface area contributed by atoms with Gasteiger partial charge in [-0.15, -0.1) is 0 Å². The number of piperidine rings is 1. The van der Waals surface area contributed by atoms with E-state index in [4.69, 9.17) is 10.1 Å². The number of aryl methyl sites for hydroxylation is 1. The Morgan fingerprint density at radius 2 is 1.79 bits per heavy atom. The van der Waals surface area contributed by atoms with Crippen molar-refractivity contribution in [1.82, 2.24) is 23.6 Å². The molecule has 4 heterocycles. The zero-order valence-corrected chi connectivity index (χ0v) is 17.9. The predicted molar refractivity (Wildman–Crippen MR) is 115 cm³/mol. The van der Waals surface area contributed by atoms with Crippen LogP contribution in [-0.2, 0) is 13.6 Å². The number of anilines is 1. The van der Waals surface area contributed by atoms with E-state index in [1.54, 1.807) is 7.05 Å². The molecule has 2 aliphatic rings. The lowest BCUT2D eigenvalue weighted by Crippen LogP contribution is -2.41. The van der Waals surface area contributed by atoms with Crippen LogP contribution < -0.4 is 16.3 Å². The summed E-state index contributed by atoms with van der Waals surface area (Å²) in [5.41, 5.74) is 1.28. The monoisotopic (exact) mass is 401 g/mol. The summed E-state index contributed by atoms with van der Waals surface area (Å²) in [6.07, 6.45) is 4.52. The molecule has 0 amide bonds. The van der Waals surface area contributed by atoms with Crippen LogP contribution in [0.5, 0.6) is 0 Å². The number of hydrogen-bond donors (Lipinski definition) is 0. The number of hydrazone groups is 1. The molecule has 0 bridgehead atoms. The molecule has 0 N–H and O–H groups in total. The van der Waals surface area contributed by atoms with Gasteiger partial charge in [0, 0.05) is 20.1 Å². The summed E-state index contributed by atoms with van der Waals surface area (Å²) in [6, 6.07) is -0.0819. The maximum absolute atomic E-state index is 13.2. The molecule has 0 saturated carbocycles. The van der Waals surface area contributed by atoms with E-state index in [0.717, 1.165) is 31.8 Å². The van der Waals surface area contributed by atoms with Crippen molar-refractivity contribution in [2.24, 2.45) is 12.1 Å². The Morgan fingerprint density at radius 3 is 2.48 bits per heavy atom. The quantitative estimate of drug-likeness (QED) is 0.759. The van der Waals surface area contributed by atoms with Crippen molar-refractivity contribution in [3.8, 4) is 0 Å². The number of likely N-dealkylation sites (tertiary alicyclic amines) is 1. The van der Waals surface area contributed by atoms with Crippen molar-refractivity contribution in [2.45, 2.75) is 59.0 Å². The van der Waals surface area contributed by atoms with Crippen molar-refractivity contribution < 1.29 is 0 Å². The predicted octanol–water partition coefficient (Wildman–Crippen LogP) is 1.55. The first-order valence-electron chi connectivity index (χ1n) is 10.7. The summed E-state index contributed by atoms with van der Waals surface area (Å²) in [6.45, 7) is 10.3. The minimum Gasteiger partial charge on any atom is -0.301 e. The first-order chi connectivity index (χ1) is 13.9. The highest BCUT2D eigenvalue weighted by Gasteiger charge is 2.30. The Kier molecular flexibility index (Phi) is 5.33. The molecule has 1 saturated heterocycles. The largest absolute Gasteiger partial charge is 0.332 e. The Morgan fingerprint density at radius 1 is 1.07 bits per heavy atom. The van der Waals surface area contributed by atoms with Crippen molar-refractivity contribution in [1.29, 1.82) is 0 Å². The third-order valence-corrected chi connectivity index (χ3v) is 6.18. The van der Waals surface area contributed by atoms with E-state index < -0.39 is 0 Å². The minimum atomic E-state index is -0.315. The van der Waals surface area contributed by atoms with Crippen LogP contribution in [0.25, 0.3) is 11.2 Å². The minimum absolute atomic E-state index is 0.0819. The highest BCUT2D eigenvalue weighted by atomic mass is 16.2. The molecular formula is C20H31N7O2. The van der Waals surface area contributed by atoms with Gasteiger partial charge in [0.2, 0.25) is 5.95 Å². The van der Waals surface area contributed by atoms with Crippen LogP contribution in [0.3, 0.4) is 0 Å². The van der Waals surface area contributed by atoms with Gasteiger partial charge in [-0.05, 0) is 46.2 Å². The summed E-state index contributed by atoms with van der Waals surface area (Å²) >= 11 is 0. The Bertz CT molecular complexity index is 1060. The maximum atomic E-state index is 13.2. The van der Waals surface area contributed by atoms with Crippen LogP contribution in [0.1, 0.15) is 52.5 Å². The van der Waals surface area contributed by atoms with E-state index in [0.29, 0.717) is 30.2 Å². The van der Waals surface area contributed by atoms with E-state index in [-0.39, 0.29) is 17.3 Å². The number of aromatic nitrogens is 4. The Balaban J connectivity index is 1.80. The van der Waals surface area contributed by atoms with Crippen molar-refractivity contribution in [3.05, 3.63) is 20.8 Å². The van der Waals surface area contributed by atoms with Gasteiger partial charge < -0.3 is 4.90 Å². The highest BCUT2D eigenvalue weighted by Crippen LogP contribution is 2.29. The lowest BCUT2D eigenvalue weighted by molar-refractivity contribution is 0.233. The van der Waals surface area contributed by atoms with Gasteiger partial charge in [-0.25, -0.2) is 9.80 Å². The first-order valence-corrected chi connectivity index (χ1v) is 10.7. The molecule has 0 radical (unpaired) electrons. The molecular weight excluding hydrogens is 370 g/mol. The molecule has 1 atom stereocenters. The fourth-order valence-electron chi connectivity index (χ4n) is 4.37. The molecule has 0 unspecified atom stereocenters. The number of imidazole rings is 1. The summed E-state index contributed by atoms with van der Waals surface area (Å²) in [5.74, 6) is 0.649. The molecule has 29 heavy (non-hydrogen) atoms. The molecule has 0 aromatic carbocycles. The number of nitrogens with zero attached hydrogens (tertiary/aromatic N) is 7. The van der Waals surface area contributed by atoms with Gasteiger partial charge in [-0.3, -0.25) is 18.5 Å². The zero-order valence-electron chi connectivity index (χ0n) is 17.9. The van der Waals surface area contributed by atoms with Gasteiger partial charge >= 0.3 is 5.69 Å². The summed E-state index contributed by atoms with van der Waals surface area (Å²) < 4.78 is 4.77. The fourth-order valence-corrected chi connectivity index (χ4v) is 4.37. The highest BCUT2D eigenvalue weighted by molar-refractivity contribution is 5.91. The fraction of sp³-hybridized carbons (Fsp3) is 0.700. The van der Waals surface area contributed by atoms with Gasteiger partial charge in [0.15, 0.2) is 11.2 Å². The van der Waals surface area contributed by atoms with E-state index in [2.05, 4.69) is 4.90 Å². The summed E-state index contributed by atoms with van der Waals surface area (Å²) in [5, 5.41) is 6.67. The molecule has 1 fully saturated rings. The average molecular weight is 402 g/mol. The molecule has 9 heteroatoms. The smallest absolute Gasteiger partial charge is 0.301 e. The second-order valence-electron chi connectivity index (χ2n) is 8.20. The van der Waals surface area contributed by atoms with E-state index in [1.807, 2.05) is 30.3 Å². The summed E-state index contributed by atoms with van der Waals surface area (Å²) in [7, 11) is 1.69. The molecule has 2 aromatic heterocycles. The third-order valence-electron chi connectivity index (χ3n) is 6.18. The van der Waals surface area contributed by atoms with E-state index >= 15 is 0 Å². The second-order valence-corrected chi connectivity index (χ2v) is 8.20. The average Bonchev–Trinajstić information content (AvgIpc) is 3.13. The van der Waals surface area contributed by atoms with Gasteiger partial charge in [0.1, 0.15) is 0 Å². The first kappa shape index (κ1) is 19.9. The lowest BCUT2D eigenvalue weighted by Gasteiger charge is -2.32. The van der Waals surface area contributed by atoms with Crippen molar-refractivity contribution in [2.75, 3.05) is 31.2 Å². The molecule has 9 nitrogen and oxygen atoms in total. The molecule has 0 aliphatic carbocycles. The standard InChI is InChI=1S/C20H31N7O2/c1-5-9-25-18(28)16-17(23(4)20(25)29)21-19-26(22-14(2)15(3)27(16)19)13-12-24-10-7-6-8-11-24/h15H,5-13H2,1-4H3/t15-/m1/s1. The van der Waals surface area contributed by atoms with Crippen LogP contribution in [0.15, 0.2) is 14.7 Å². The molecule has 4 rings (SSSR count). The van der Waals surface area contributed by atoms with Gasteiger partial charge in [0.25, 0.3) is 5.56 Å². The van der Waals surface area contributed by atoms with Crippen molar-refractivity contribution in [3.63, 3.8) is 0 Å². The zero-order chi connectivity index (χ0) is 20.7. The van der Waals surface area contributed by atoms with Crippen LogP contribution >= 0.6 is 0 Å². The second kappa shape index (κ2) is 7.78. The van der Waals surface area contributed by atoms with Crippen LogP contribution in [0, 0.1) is 0 Å². The van der Waals surface area contributed by atoms with E-state index in [1.165, 1.54) is 28.4 Å². The molecule has 158 valence electrons. The molecule has 2 aliphatic heterocycles. The third kappa shape index (κ3) is 3.31. The Labute approximate surface area is 170 Å². The Hall–Kier alpha value is -2.42. The van der Waals surface area contributed by atoms with Gasteiger partial charge in [-0.1, -0.05) is 13.3 Å². The van der Waals surface area contributed by atoms with Crippen LogP contribution in [0.2, 0.25) is 0 Å². The number of hydrogen-bond acceptors (Lipinski definition) is 6. The maximum Gasteiger partial charge on any atom is 0.332 e. The lowest BCUT2D eigenvalue weighted by atomic mass is 10.1. The van der Waals surface area contributed by atoms with Crippen LogP contribution in [0.4, 0.5) is 5.95 Å². The van der Waals surface area contributed by atoms with Gasteiger partial charge in [-0.2, -0.15) is 10.1 Å². The SMILES string of the molecule is CCCn1c(=O)c2c(nc3n2[C@H](C)C(C)=NN3CCN2CCCCC2)n(C)c1=O. The molecule has 2 aromatic rings. The van der Waals surface area contributed by atoms with Gasteiger partial charge in [0.05, 0.1) is 18.3 Å². The number of rotatable bonds is 5. The normalized spacial score (nSPS) is 20.2. The van der Waals surface area contributed by atoms with Crippen LogP contribution in [-0.4, -0.2) is 55.5 Å².